The van der Waals surface area contributed by atoms with Gasteiger partial charge >= 0.3 is 11.7 Å². The van der Waals surface area contributed by atoms with E-state index in [1.54, 1.807) is 13.2 Å². The van der Waals surface area contributed by atoms with Gasteiger partial charge in [0.15, 0.2) is 0 Å². The third kappa shape index (κ3) is 6.07. The van der Waals surface area contributed by atoms with Gasteiger partial charge in [-0.1, -0.05) is 36.7 Å². The number of nitrogens with two attached hydrogens (primary N) is 1. The van der Waals surface area contributed by atoms with Gasteiger partial charge in [0.1, 0.15) is 5.75 Å². The van der Waals surface area contributed by atoms with Gasteiger partial charge in [-0.15, -0.1) is 0 Å². The Morgan fingerprint density at radius 1 is 1.30 bits per heavy atom. The molecule has 0 unspecified atom stereocenters. The molecule has 1 saturated carbocycles. The van der Waals surface area contributed by atoms with Crippen LogP contribution in [0, 0.1) is 17.8 Å². The van der Waals surface area contributed by atoms with Crippen LogP contribution >= 0.6 is 11.6 Å². The van der Waals surface area contributed by atoms with E-state index in [0.29, 0.717) is 47.3 Å². The van der Waals surface area contributed by atoms with Gasteiger partial charge in [0.05, 0.1) is 18.4 Å². The Morgan fingerprint density at radius 2 is 2.15 bits per heavy atom. The van der Waals surface area contributed by atoms with E-state index in [4.69, 9.17) is 26.8 Å². The molecule has 5 rings (SSSR count). The molecule has 40 heavy (non-hydrogen) atoms. The van der Waals surface area contributed by atoms with Crippen LogP contribution in [0.3, 0.4) is 0 Å². The summed E-state index contributed by atoms with van der Waals surface area (Å²) >= 11 is 7.05. The van der Waals surface area contributed by atoms with E-state index in [1.807, 2.05) is 18.2 Å². The van der Waals surface area contributed by atoms with Crippen LogP contribution in [0.5, 0.6) is 5.75 Å². The predicted octanol–water partition coefficient (Wildman–Crippen LogP) is 5.96. The molecule has 1 amide bonds. The number of carbonyl (C=O) groups excluding carboxylic acids is 1. The fraction of sp³-hybridized carbons (Fsp3) is 0.531. The van der Waals surface area contributed by atoms with Crippen molar-refractivity contribution in [3.05, 3.63) is 70.3 Å². The van der Waals surface area contributed by atoms with E-state index in [2.05, 4.69) is 36.1 Å². The second-order valence-electron chi connectivity index (χ2n) is 11.9. The van der Waals surface area contributed by atoms with E-state index >= 15 is 0 Å². The van der Waals surface area contributed by atoms with Gasteiger partial charge in [-0.3, -0.25) is 4.79 Å². The number of nitrogens with zero attached hydrogens (tertiary/aromatic N) is 1. The quantitative estimate of drug-likeness (QED) is 0.275. The molecule has 1 fully saturated rings. The van der Waals surface area contributed by atoms with Gasteiger partial charge in [0, 0.05) is 46.3 Å². The molecule has 1 aliphatic heterocycles. The average molecular weight is 584 g/mol. The van der Waals surface area contributed by atoms with Crippen LogP contribution in [0.4, 0.5) is 5.69 Å². The van der Waals surface area contributed by atoms with Gasteiger partial charge in [-0.05, 0) is 91.8 Å². The number of fused-ring (bicyclic) bond motifs is 3. The number of benzene rings is 2. The number of ether oxygens (including phenoxy) is 2. The Kier molecular flexibility index (Phi) is 9.13. The zero-order valence-corrected chi connectivity index (χ0v) is 25.0. The van der Waals surface area contributed by atoms with Crippen molar-refractivity contribution >= 4 is 34.9 Å². The van der Waals surface area contributed by atoms with E-state index < -0.39 is 5.91 Å². The number of rotatable bonds is 10. The minimum atomic E-state index is -0.435. The number of allylic oxidation sites excluding steroid dienone is 1. The van der Waals surface area contributed by atoms with Crippen molar-refractivity contribution in [3.63, 3.8) is 0 Å². The molecule has 2 aromatic carbocycles. The summed E-state index contributed by atoms with van der Waals surface area (Å²) in [5.41, 5.74) is 9.59. The minimum Gasteiger partial charge on any atom is -0.490 e. The van der Waals surface area contributed by atoms with E-state index in [0.717, 1.165) is 68.1 Å². The number of carbonyl (C=O) groups is 1. The van der Waals surface area contributed by atoms with Crippen LogP contribution in [-0.2, 0) is 32.4 Å². The van der Waals surface area contributed by atoms with Crippen molar-refractivity contribution in [2.45, 2.75) is 57.0 Å². The summed E-state index contributed by atoms with van der Waals surface area (Å²) in [7, 11) is 1.79. The first kappa shape index (κ1) is 29.0. The van der Waals surface area contributed by atoms with Crippen LogP contribution in [0.1, 0.15) is 60.5 Å². The molecular formula is C32H40ClN2O4S+. The molecule has 2 aromatic rings. The SMILES string of the molecule is CO[C@@H](/C=C/C[C@H](C)C[S+]=O)[C@@H]1CC[C@H]1CN1C[C@@]2(CCCc3cc(Cl)ccc32)COc2ccc(C(N)=O)cc21. The summed E-state index contributed by atoms with van der Waals surface area (Å²) in [4.78, 5) is 14.6. The molecular weight excluding hydrogens is 544 g/mol. The zero-order valence-electron chi connectivity index (χ0n) is 23.4. The molecule has 2 N–H and O–H groups in total. The maximum atomic E-state index is 12.1. The number of aryl methyl sites for hydroxylation is 1. The van der Waals surface area contributed by atoms with E-state index in [-0.39, 0.29) is 11.5 Å². The molecule has 1 spiro atoms. The van der Waals surface area contributed by atoms with Crippen molar-refractivity contribution in [3.8, 4) is 5.75 Å². The van der Waals surface area contributed by atoms with Crippen molar-refractivity contribution in [1.29, 1.82) is 0 Å². The lowest BCUT2D eigenvalue weighted by atomic mass is 9.68. The number of anilines is 1. The average Bonchev–Trinajstić information content (AvgIpc) is 3.07. The van der Waals surface area contributed by atoms with Crippen molar-refractivity contribution in [2.75, 3.05) is 37.5 Å². The lowest BCUT2D eigenvalue weighted by Crippen LogP contribution is -2.49. The van der Waals surface area contributed by atoms with Crippen molar-refractivity contribution in [1.82, 2.24) is 0 Å². The van der Waals surface area contributed by atoms with Crippen LogP contribution in [0.25, 0.3) is 0 Å². The zero-order chi connectivity index (χ0) is 28.3. The summed E-state index contributed by atoms with van der Waals surface area (Å²) in [5, 5.41) is 0.772. The highest BCUT2D eigenvalue weighted by molar-refractivity contribution is 7.65. The largest absolute Gasteiger partial charge is 0.490 e. The molecule has 6 nitrogen and oxygen atoms in total. The van der Waals surface area contributed by atoms with Gasteiger partial charge in [0.2, 0.25) is 11.7 Å². The molecule has 5 atom stereocenters. The number of amides is 1. The highest BCUT2D eigenvalue weighted by Crippen LogP contribution is 2.47. The third-order valence-corrected chi connectivity index (χ3v) is 10.1. The minimum absolute atomic E-state index is 0.0389. The van der Waals surface area contributed by atoms with Crippen molar-refractivity contribution < 1.29 is 18.5 Å². The fourth-order valence-electron chi connectivity index (χ4n) is 6.83. The highest BCUT2D eigenvalue weighted by atomic mass is 35.5. The Hall–Kier alpha value is -2.48. The first-order chi connectivity index (χ1) is 19.3. The van der Waals surface area contributed by atoms with Gasteiger partial charge in [0.25, 0.3) is 0 Å². The molecule has 0 aromatic heterocycles. The summed E-state index contributed by atoms with van der Waals surface area (Å²) in [6, 6.07) is 11.9. The Bertz CT molecular complexity index is 1270. The molecule has 3 aliphatic rings. The van der Waals surface area contributed by atoms with Crippen LogP contribution < -0.4 is 15.4 Å². The molecule has 1 heterocycles. The number of methoxy groups -OCH3 is 1. The molecule has 8 heteroatoms. The molecule has 0 bridgehead atoms. The molecule has 214 valence electrons. The summed E-state index contributed by atoms with van der Waals surface area (Å²) in [5.74, 6) is 2.19. The predicted molar refractivity (Wildman–Crippen MR) is 162 cm³/mol. The molecule has 0 radical (unpaired) electrons. The third-order valence-electron chi connectivity index (χ3n) is 9.16. The Balaban J connectivity index is 1.43. The lowest BCUT2D eigenvalue weighted by molar-refractivity contribution is 0.0131. The number of hydrogen-bond donors (Lipinski definition) is 1. The van der Waals surface area contributed by atoms with E-state index in [1.165, 1.54) is 11.1 Å². The fourth-order valence-corrected chi connectivity index (χ4v) is 7.39. The first-order valence-electron chi connectivity index (χ1n) is 14.4. The van der Waals surface area contributed by atoms with E-state index in [9.17, 15) is 9.00 Å². The second-order valence-corrected chi connectivity index (χ2v) is 12.9. The highest BCUT2D eigenvalue weighted by Gasteiger charge is 2.44. The van der Waals surface area contributed by atoms with Gasteiger partial charge < -0.3 is 20.1 Å². The summed E-state index contributed by atoms with van der Waals surface area (Å²) in [6.45, 7) is 4.34. The standard InChI is InChI=1S/C32H39ClN2O4S/c1-21(18-40-37)5-3-7-29(38-2)26-11-8-24(26)17-35-19-32(14-4-6-22-15-25(33)10-12-27(22)32)20-39-30-13-9-23(31(34)36)16-28(30)35/h3,7,9-10,12-13,15-16,21,24,26,29H,4-6,8,11,14,17-20H2,1-2H3,(H-,34,36)/p+1/b7-3+/t21-,24-,26+,29-,32-/m0/s1. The van der Waals surface area contributed by atoms with Gasteiger partial charge in [-0.25, -0.2) is 0 Å². The van der Waals surface area contributed by atoms with Crippen LogP contribution in [-0.4, -0.2) is 44.6 Å². The molecule has 2 aliphatic carbocycles. The number of halogens is 1. The normalized spacial score (nSPS) is 25.3. The van der Waals surface area contributed by atoms with Crippen LogP contribution in [0.15, 0.2) is 48.6 Å². The first-order valence-corrected chi connectivity index (χ1v) is 15.7. The Labute approximate surface area is 246 Å². The Morgan fingerprint density at radius 3 is 2.88 bits per heavy atom. The topological polar surface area (TPSA) is 81.9 Å². The number of primary amides is 1. The second kappa shape index (κ2) is 12.6. The maximum absolute atomic E-state index is 12.1. The summed E-state index contributed by atoms with van der Waals surface area (Å²) in [6.07, 6.45) is 10.7. The van der Waals surface area contributed by atoms with Crippen LogP contribution in [0.2, 0.25) is 5.02 Å². The summed E-state index contributed by atoms with van der Waals surface area (Å²) < 4.78 is 23.4. The van der Waals surface area contributed by atoms with Gasteiger partial charge in [-0.2, -0.15) is 0 Å². The number of hydrogen-bond acceptors (Lipinski definition) is 5. The van der Waals surface area contributed by atoms with Crippen molar-refractivity contribution in [2.24, 2.45) is 23.5 Å². The monoisotopic (exact) mass is 583 g/mol. The smallest absolute Gasteiger partial charge is 0.458 e. The lowest BCUT2D eigenvalue weighted by Gasteiger charge is -2.46. The maximum Gasteiger partial charge on any atom is 0.458 e. The molecule has 0 saturated heterocycles.